The monoisotopic (exact) mass is 438 g/mol. The summed E-state index contributed by atoms with van der Waals surface area (Å²) in [4.78, 5) is 52.5. The van der Waals surface area contributed by atoms with Gasteiger partial charge in [-0.3, -0.25) is 0 Å². The molecule has 0 fully saturated rings. The van der Waals surface area contributed by atoms with Crippen LogP contribution >= 0.6 is 0 Å². The minimum absolute atomic E-state index is 0.0186. The van der Waals surface area contributed by atoms with Gasteiger partial charge in [0, 0.05) is 0 Å². The number of rotatable bonds is 6. The van der Waals surface area contributed by atoms with E-state index >= 15 is 0 Å². The highest BCUT2D eigenvalue weighted by Gasteiger charge is 2.18. The molecule has 0 bridgehead atoms. The number of aliphatic hydroxyl groups is 2. The number of aliphatic hydroxyl groups excluding tert-OH is 2. The lowest BCUT2D eigenvalue weighted by atomic mass is 10.0. The molecule has 2 aromatic rings. The van der Waals surface area contributed by atoms with Crippen molar-refractivity contribution in [3.05, 3.63) is 70.3 Å². The van der Waals surface area contributed by atoms with Gasteiger partial charge in [0.25, 0.3) is 0 Å². The molecule has 0 unspecified atom stereocenters. The van der Waals surface area contributed by atoms with E-state index in [0.717, 1.165) is 24.3 Å². The summed E-state index contributed by atoms with van der Waals surface area (Å²) in [5.74, 6) is -6.45. The van der Waals surface area contributed by atoms with Gasteiger partial charge in [0.1, 0.15) is 0 Å². The normalized spacial score (nSPS) is 9.23. The molecule has 0 aliphatic rings. The van der Waals surface area contributed by atoms with Crippen LogP contribution in [0.15, 0.2) is 42.5 Å². The molecule has 7 N–H and O–H groups in total. The van der Waals surface area contributed by atoms with Crippen LogP contribution in [0.2, 0.25) is 0 Å². The number of benzene rings is 2. The summed E-state index contributed by atoms with van der Waals surface area (Å²) in [5.41, 5.74) is -1.28. The molecule has 0 aromatic heterocycles. The number of carboxylic acids is 5. The van der Waals surface area contributed by atoms with E-state index in [1.54, 1.807) is 0 Å². The molecular formula is C19H18O12. The van der Waals surface area contributed by atoms with Crippen molar-refractivity contribution < 1.29 is 59.7 Å². The van der Waals surface area contributed by atoms with Crippen molar-refractivity contribution in [1.29, 1.82) is 0 Å². The Kier molecular flexibility index (Phi) is 11.2. The smallest absolute Gasteiger partial charge is 0.336 e. The molecule has 12 heteroatoms. The van der Waals surface area contributed by atoms with Crippen LogP contribution < -0.4 is 0 Å². The maximum Gasteiger partial charge on any atom is 0.336 e. The van der Waals surface area contributed by atoms with Crippen LogP contribution in [0.25, 0.3) is 0 Å². The molecule has 0 heterocycles. The highest BCUT2D eigenvalue weighted by molar-refractivity contribution is 6.03. The molecule has 0 radical (unpaired) electrons. The van der Waals surface area contributed by atoms with Gasteiger partial charge in [0.05, 0.1) is 41.0 Å². The molecule has 0 saturated heterocycles. The number of aromatic carboxylic acids is 5. The van der Waals surface area contributed by atoms with Crippen molar-refractivity contribution >= 4 is 29.8 Å². The maximum absolute atomic E-state index is 10.6. The Bertz CT molecular complexity index is 933. The molecule has 0 aliphatic heterocycles. The largest absolute Gasteiger partial charge is 0.478 e. The van der Waals surface area contributed by atoms with Crippen molar-refractivity contribution in [2.45, 2.75) is 0 Å². The summed E-state index contributed by atoms with van der Waals surface area (Å²) in [6.07, 6.45) is 0. The Labute approximate surface area is 173 Å². The van der Waals surface area contributed by atoms with Gasteiger partial charge in [-0.25, -0.2) is 24.0 Å². The summed E-state index contributed by atoms with van der Waals surface area (Å²) in [6, 6.07) is 8.00. The predicted molar refractivity (Wildman–Crippen MR) is 102 cm³/mol. The van der Waals surface area contributed by atoms with Crippen molar-refractivity contribution in [3.63, 3.8) is 0 Å². The van der Waals surface area contributed by atoms with Gasteiger partial charge in [-0.2, -0.15) is 0 Å². The van der Waals surface area contributed by atoms with Gasteiger partial charge in [0.2, 0.25) is 0 Å². The quantitative estimate of drug-likeness (QED) is 0.333. The van der Waals surface area contributed by atoms with Crippen molar-refractivity contribution in [1.82, 2.24) is 0 Å². The second kappa shape index (κ2) is 13.0. The fraction of sp³-hybridized carbons (Fsp3) is 0.105. The van der Waals surface area contributed by atoms with E-state index in [-0.39, 0.29) is 29.9 Å². The zero-order valence-electron chi connectivity index (χ0n) is 15.6. The first-order chi connectivity index (χ1) is 14.5. The van der Waals surface area contributed by atoms with E-state index in [4.69, 9.17) is 35.7 Å². The van der Waals surface area contributed by atoms with E-state index in [9.17, 15) is 24.0 Å². The van der Waals surface area contributed by atoms with E-state index in [1.165, 1.54) is 18.2 Å². The Balaban J connectivity index is 0.000000504. The lowest BCUT2D eigenvalue weighted by Crippen LogP contribution is -2.10. The highest BCUT2D eigenvalue weighted by Crippen LogP contribution is 2.12. The zero-order chi connectivity index (χ0) is 24.1. The minimum Gasteiger partial charge on any atom is -0.478 e. The number of hydrogen-bond acceptors (Lipinski definition) is 7. The topological polar surface area (TPSA) is 227 Å². The number of carboxylic acid groups (broad SMARTS) is 5. The molecular weight excluding hydrogens is 420 g/mol. The maximum atomic E-state index is 10.6. The molecule has 2 aromatic carbocycles. The van der Waals surface area contributed by atoms with E-state index < -0.39 is 41.0 Å². The Morgan fingerprint density at radius 1 is 0.516 bits per heavy atom. The molecule has 0 spiro atoms. The van der Waals surface area contributed by atoms with Gasteiger partial charge in [-0.15, -0.1) is 0 Å². The second-order valence-corrected chi connectivity index (χ2v) is 5.31. The Hall–Kier alpha value is -4.29. The van der Waals surface area contributed by atoms with E-state index in [2.05, 4.69) is 0 Å². The summed E-state index contributed by atoms with van der Waals surface area (Å²) < 4.78 is 0. The first-order valence-electron chi connectivity index (χ1n) is 8.08. The lowest BCUT2D eigenvalue weighted by molar-refractivity contribution is 0.0649. The average molecular weight is 438 g/mol. The second-order valence-electron chi connectivity index (χ2n) is 5.31. The summed E-state index contributed by atoms with van der Waals surface area (Å²) >= 11 is 0. The molecule has 0 saturated carbocycles. The molecule has 0 aliphatic carbocycles. The molecule has 31 heavy (non-hydrogen) atoms. The molecule has 0 atom stereocenters. The first kappa shape index (κ1) is 26.7. The fourth-order valence-electron chi connectivity index (χ4n) is 1.83. The SMILES string of the molecule is O=C(O)c1ccc(C(=O)O)c(C(=O)O)c1.O=C(O)c1cccc(C(=O)O)c1.OCCO. The standard InChI is InChI=1S/C9H6O6.C8H6O4.C2H6O2/c10-7(11)4-1-2-5(8(12)13)6(3-4)9(14)15;9-7(10)5-2-1-3-6(4-5)8(11)12;3-1-2-4/h1-3H,(H,10,11)(H,12,13)(H,14,15);1-4H,(H,9,10)(H,11,12);3-4H,1-2H2. The molecule has 12 nitrogen and oxygen atoms in total. The summed E-state index contributed by atoms with van der Waals surface area (Å²) in [7, 11) is 0. The van der Waals surface area contributed by atoms with Crippen LogP contribution in [-0.2, 0) is 0 Å². The van der Waals surface area contributed by atoms with Crippen LogP contribution in [-0.4, -0.2) is 78.8 Å². The van der Waals surface area contributed by atoms with Crippen molar-refractivity contribution in [2.24, 2.45) is 0 Å². The minimum atomic E-state index is -1.48. The molecule has 2 rings (SSSR count). The van der Waals surface area contributed by atoms with Crippen molar-refractivity contribution in [3.8, 4) is 0 Å². The van der Waals surface area contributed by atoms with Crippen LogP contribution in [0.4, 0.5) is 0 Å². The average Bonchev–Trinajstić information content (AvgIpc) is 2.73. The third-order valence-electron chi connectivity index (χ3n) is 3.18. The fourth-order valence-corrected chi connectivity index (χ4v) is 1.83. The first-order valence-corrected chi connectivity index (χ1v) is 8.08. The predicted octanol–water partition coefficient (Wildman–Crippen LogP) is 0.835. The van der Waals surface area contributed by atoms with Gasteiger partial charge in [-0.1, -0.05) is 6.07 Å². The van der Waals surface area contributed by atoms with Crippen molar-refractivity contribution in [2.75, 3.05) is 13.2 Å². The van der Waals surface area contributed by atoms with Gasteiger partial charge < -0.3 is 35.7 Å². The molecule has 0 amide bonds. The molecule has 166 valence electrons. The summed E-state index contributed by atoms with van der Waals surface area (Å²) in [6.45, 7) is -0.250. The highest BCUT2D eigenvalue weighted by atomic mass is 16.4. The number of carbonyl (C=O) groups is 5. The van der Waals surface area contributed by atoms with Crippen LogP contribution in [0, 0.1) is 0 Å². The van der Waals surface area contributed by atoms with Gasteiger partial charge >= 0.3 is 29.8 Å². The zero-order valence-corrected chi connectivity index (χ0v) is 15.6. The van der Waals surface area contributed by atoms with Crippen LogP contribution in [0.5, 0.6) is 0 Å². The van der Waals surface area contributed by atoms with Crippen LogP contribution in [0.1, 0.15) is 51.8 Å². The number of hydrogen-bond donors (Lipinski definition) is 7. The van der Waals surface area contributed by atoms with Crippen LogP contribution in [0.3, 0.4) is 0 Å². The van der Waals surface area contributed by atoms with Gasteiger partial charge in [0.15, 0.2) is 0 Å². The Morgan fingerprint density at radius 3 is 1.23 bits per heavy atom. The third kappa shape index (κ3) is 9.17. The van der Waals surface area contributed by atoms with Gasteiger partial charge in [-0.05, 0) is 36.4 Å². The lowest BCUT2D eigenvalue weighted by Gasteiger charge is -2.02. The third-order valence-corrected chi connectivity index (χ3v) is 3.18. The summed E-state index contributed by atoms with van der Waals surface area (Å²) in [5, 5.41) is 58.1. The van der Waals surface area contributed by atoms with E-state index in [0.29, 0.717) is 0 Å². The Morgan fingerprint density at radius 2 is 0.903 bits per heavy atom. The van der Waals surface area contributed by atoms with E-state index in [1.807, 2.05) is 0 Å².